The Labute approximate surface area is 88.1 Å². The third-order valence-electron chi connectivity index (χ3n) is 1.69. The molecule has 14 heavy (non-hydrogen) atoms. The summed E-state index contributed by atoms with van der Waals surface area (Å²) < 4.78 is 4.50. The predicted molar refractivity (Wildman–Crippen MR) is 57.1 cm³/mol. The lowest BCUT2D eigenvalue weighted by Crippen LogP contribution is -1.96. The molecule has 0 bridgehead atoms. The highest BCUT2D eigenvalue weighted by Crippen LogP contribution is 2.10. The topological polar surface area (TPSA) is 26.3 Å². The second kappa shape index (κ2) is 5.45. The molecule has 0 aliphatic carbocycles. The molecule has 0 heterocycles. The van der Waals surface area contributed by atoms with Crippen molar-refractivity contribution in [3.05, 3.63) is 40.9 Å². The first kappa shape index (κ1) is 10.8. The molecule has 2 nitrogen and oxygen atoms in total. The van der Waals surface area contributed by atoms with Gasteiger partial charge in [-0.2, -0.15) is 0 Å². The van der Waals surface area contributed by atoms with Crippen molar-refractivity contribution in [1.82, 2.24) is 0 Å². The van der Waals surface area contributed by atoms with E-state index in [-0.39, 0.29) is 5.97 Å². The number of benzene rings is 1. The second-order valence-corrected chi connectivity index (χ2v) is 3.17. The summed E-state index contributed by atoms with van der Waals surface area (Å²) in [6.07, 6.45) is 3.90. The van der Waals surface area contributed by atoms with Gasteiger partial charge in [-0.25, -0.2) is 0 Å². The number of methoxy groups -OCH3 is 1. The smallest absolute Gasteiger partial charge is 0.309 e. The summed E-state index contributed by atoms with van der Waals surface area (Å²) in [5.74, 6) is -0.241. The standard InChI is InChI=1S/C11H11ClO2/c1-14-11(13)4-2-3-9-5-7-10(12)8-6-9/h2-3,5-8H,4H2,1H3/b3-2+. The maximum absolute atomic E-state index is 10.8. The Morgan fingerprint density at radius 2 is 2.07 bits per heavy atom. The molecular formula is C11H11ClO2. The molecular weight excluding hydrogens is 200 g/mol. The summed E-state index contributed by atoms with van der Waals surface area (Å²) in [4.78, 5) is 10.8. The van der Waals surface area contributed by atoms with Crippen LogP contribution < -0.4 is 0 Å². The first-order chi connectivity index (χ1) is 6.72. The van der Waals surface area contributed by atoms with E-state index in [1.54, 1.807) is 18.2 Å². The van der Waals surface area contributed by atoms with Crippen molar-refractivity contribution in [3.63, 3.8) is 0 Å². The van der Waals surface area contributed by atoms with Crippen LogP contribution in [0.15, 0.2) is 30.3 Å². The van der Waals surface area contributed by atoms with E-state index in [4.69, 9.17) is 11.6 Å². The largest absolute Gasteiger partial charge is 0.469 e. The maximum atomic E-state index is 10.8. The molecule has 0 saturated heterocycles. The van der Waals surface area contributed by atoms with Crippen LogP contribution in [-0.4, -0.2) is 13.1 Å². The Hall–Kier alpha value is -1.28. The number of hydrogen-bond donors (Lipinski definition) is 0. The number of ether oxygens (including phenoxy) is 1. The molecule has 0 fully saturated rings. The third kappa shape index (κ3) is 3.62. The average Bonchev–Trinajstić information content (AvgIpc) is 2.21. The van der Waals surface area contributed by atoms with Crippen molar-refractivity contribution in [1.29, 1.82) is 0 Å². The maximum Gasteiger partial charge on any atom is 0.309 e. The van der Waals surface area contributed by atoms with Crippen molar-refractivity contribution in [2.24, 2.45) is 0 Å². The van der Waals surface area contributed by atoms with Gasteiger partial charge in [-0.05, 0) is 17.7 Å². The van der Waals surface area contributed by atoms with Crippen LogP contribution >= 0.6 is 11.6 Å². The monoisotopic (exact) mass is 210 g/mol. The zero-order chi connectivity index (χ0) is 10.4. The SMILES string of the molecule is COC(=O)C/C=C/c1ccc(Cl)cc1. The number of hydrogen-bond acceptors (Lipinski definition) is 2. The molecule has 0 atom stereocenters. The molecule has 1 aromatic rings. The van der Waals surface area contributed by atoms with E-state index in [2.05, 4.69) is 4.74 Å². The Morgan fingerprint density at radius 1 is 1.43 bits per heavy atom. The number of esters is 1. The zero-order valence-electron chi connectivity index (χ0n) is 7.87. The predicted octanol–water partition coefficient (Wildman–Crippen LogP) is 2.92. The van der Waals surface area contributed by atoms with Gasteiger partial charge in [-0.3, -0.25) is 4.79 Å². The molecule has 1 aromatic carbocycles. The molecule has 74 valence electrons. The highest BCUT2D eigenvalue weighted by Gasteiger charge is 1.93. The molecule has 0 saturated carbocycles. The lowest BCUT2D eigenvalue weighted by molar-refractivity contribution is -0.139. The Bertz CT molecular complexity index is 328. The fourth-order valence-electron chi connectivity index (χ4n) is 0.948. The number of carbonyl (C=O) groups is 1. The number of halogens is 1. The van der Waals surface area contributed by atoms with E-state index in [0.29, 0.717) is 11.4 Å². The van der Waals surface area contributed by atoms with Crippen LogP contribution in [0.4, 0.5) is 0 Å². The fourth-order valence-corrected chi connectivity index (χ4v) is 1.07. The van der Waals surface area contributed by atoms with Gasteiger partial charge in [0, 0.05) is 5.02 Å². The molecule has 0 aliphatic rings. The van der Waals surface area contributed by atoms with Crippen LogP contribution in [0.3, 0.4) is 0 Å². The average molecular weight is 211 g/mol. The molecule has 0 amide bonds. The quantitative estimate of drug-likeness (QED) is 0.718. The van der Waals surface area contributed by atoms with Crippen molar-refractivity contribution in [2.45, 2.75) is 6.42 Å². The van der Waals surface area contributed by atoms with E-state index < -0.39 is 0 Å². The molecule has 0 aliphatic heterocycles. The van der Waals surface area contributed by atoms with E-state index in [0.717, 1.165) is 5.56 Å². The van der Waals surface area contributed by atoms with Gasteiger partial charge in [0.05, 0.1) is 13.5 Å². The number of rotatable bonds is 3. The fraction of sp³-hybridized carbons (Fsp3) is 0.182. The van der Waals surface area contributed by atoms with Crippen molar-refractivity contribution >= 4 is 23.6 Å². The first-order valence-electron chi connectivity index (χ1n) is 4.21. The van der Waals surface area contributed by atoms with Crippen molar-refractivity contribution in [2.75, 3.05) is 7.11 Å². The van der Waals surface area contributed by atoms with Gasteiger partial charge >= 0.3 is 5.97 Å². The molecule has 3 heteroatoms. The van der Waals surface area contributed by atoms with Gasteiger partial charge in [0.1, 0.15) is 0 Å². The first-order valence-corrected chi connectivity index (χ1v) is 4.59. The molecule has 0 aromatic heterocycles. The van der Waals surface area contributed by atoms with Gasteiger partial charge in [-0.15, -0.1) is 0 Å². The Kier molecular flexibility index (Phi) is 4.20. The summed E-state index contributed by atoms with van der Waals surface area (Å²) >= 11 is 5.72. The molecule has 0 radical (unpaired) electrons. The molecule has 1 rings (SSSR count). The third-order valence-corrected chi connectivity index (χ3v) is 1.94. The van der Waals surface area contributed by atoms with E-state index in [1.165, 1.54) is 7.11 Å². The lowest BCUT2D eigenvalue weighted by Gasteiger charge is -1.94. The van der Waals surface area contributed by atoms with Crippen LogP contribution in [0.1, 0.15) is 12.0 Å². The van der Waals surface area contributed by atoms with Crippen LogP contribution in [0.25, 0.3) is 6.08 Å². The summed E-state index contributed by atoms with van der Waals surface area (Å²) in [7, 11) is 1.37. The molecule has 0 spiro atoms. The van der Waals surface area contributed by atoms with E-state index in [9.17, 15) is 4.79 Å². The minimum atomic E-state index is -0.241. The van der Waals surface area contributed by atoms with Crippen molar-refractivity contribution < 1.29 is 9.53 Å². The molecule has 0 N–H and O–H groups in total. The highest BCUT2D eigenvalue weighted by atomic mass is 35.5. The van der Waals surface area contributed by atoms with Gasteiger partial charge in [0.2, 0.25) is 0 Å². The summed E-state index contributed by atoms with van der Waals surface area (Å²) in [6.45, 7) is 0. The second-order valence-electron chi connectivity index (χ2n) is 2.73. The zero-order valence-corrected chi connectivity index (χ0v) is 8.62. The summed E-state index contributed by atoms with van der Waals surface area (Å²) in [5, 5.41) is 0.704. The van der Waals surface area contributed by atoms with Gasteiger partial charge in [0.25, 0.3) is 0 Å². The Balaban J connectivity index is 2.52. The minimum Gasteiger partial charge on any atom is -0.469 e. The van der Waals surface area contributed by atoms with Crippen LogP contribution in [0, 0.1) is 0 Å². The van der Waals surface area contributed by atoms with Crippen LogP contribution in [0.5, 0.6) is 0 Å². The van der Waals surface area contributed by atoms with Gasteiger partial charge < -0.3 is 4.74 Å². The lowest BCUT2D eigenvalue weighted by atomic mass is 10.2. The molecule has 0 unspecified atom stereocenters. The van der Waals surface area contributed by atoms with Crippen LogP contribution in [0.2, 0.25) is 5.02 Å². The summed E-state index contributed by atoms with van der Waals surface area (Å²) in [6, 6.07) is 7.38. The van der Waals surface area contributed by atoms with E-state index >= 15 is 0 Å². The highest BCUT2D eigenvalue weighted by molar-refractivity contribution is 6.30. The van der Waals surface area contributed by atoms with Crippen LogP contribution in [-0.2, 0) is 9.53 Å². The normalized spacial score (nSPS) is 10.4. The van der Waals surface area contributed by atoms with Gasteiger partial charge in [0.15, 0.2) is 0 Å². The minimum absolute atomic E-state index is 0.241. The van der Waals surface area contributed by atoms with Crippen molar-refractivity contribution in [3.8, 4) is 0 Å². The number of carbonyl (C=O) groups excluding carboxylic acids is 1. The Morgan fingerprint density at radius 3 is 2.64 bits per heavy atom. The van der Waals surface area contributed by atoms with E-state index in [1.807, 2.05) is 18.2 Å². The van der Waals surface area contributed by atoms with Gasteiger partial charge in [-0.1, -0.05) is 35.9 Å². The summed E-state index contributed by atoms with van der Waals surface area (Å²) in [5.41, 5.74) is 1.01.